The number of likely N-dealkylation sites (tertiary alicyclic amines) is 2. The van der Waals surface area contributed by atoms with Crippen molar-refractivity contribution in [3.8, 4) is 0 Å². The number of carboxylic acid groups (broad SMARTS) is 1. The molecule has 5 nitrogen and oxygen atoms in total. The number of rotatable bonds is 3. The predicted octanol–water partition coefficient (Wildman–Crippen LogP) is 3.38. The monoisotopic (exact) mass is 352 g/mol. The number of carbonyl (C=O) groups is 2. The summed E-state index contributed by atoms with van der Waals surface area (Å²) in [5.74, 6) is 1.11. The van der Waals surface area contributed by atoms with Crippen LogP contribution in [0.4, 0.5) is 0 Å². The molecule has 0 atom stereocenters. The SMILES string of the molecule is CC(C)N1CCC2(CCC(CC(=O)N3CCCC3)CC2)CC1.O=CO. The van der Waals surface area contributed by atoms with Crippen molar-refractivity contribution in [3.63, 3.8) is 0 Å². The largest absolute Gasteiger partial charge is 0.483 e. The maximum Gasteiger partial charge on any atom is 0.290 e. The smallest absolute Gasteiger partial charge is 0.290 e. The average molecular weight is 353 g/mol. The predicted molar refractivity (Wildman–Crippen MR) is 99.5 cm³/mol. The van der Waals surface area contributed by atoms with E-state index in [1.165, 1.54) is 64.5 Å². The second kappa shape index (κ2) is 9.56. The fourth-order valence-electron chi connectivity index (χ4n) is 4.85. The van der Waals surface area contributed by atoms with Gasteiger partial charge < -0.3 is 14.9 Å². The van der Waals surface area contributed by atoms with E-state index in [2.05, 4.69) is 23.6 Å². The first-order valence-corrected chi connectivity index (χ1v) is 10.1. The van der Waals surface area contributed by atoms with Crippen LogP contribution in [0.5, 0.6) is 0 Å². The number of piperidine rings is 1. The first-order chi connectivity index (χ1) is 12.0. The third kappa shape index (κ3) is 5.70. The molecule has 144 valence electrons. The van der Waals surface area contributed by atoms with Gasteiger partial charge in [0.15, 0.2) is 0 Å². The summed E-state index contributed by atoms with van der Waals surface area (Å²) in [7, 11) is 0. The Morgan fingerprint density at radius 3 is 2.08 bits per heavy atom. The lowest BCUT2D eigenvalue weighted by Crippen LogP contribution is -2.44. The third-order valence-electron chi connectivity index (χ3n) is 6.68. The van der Waals surface area contributed by atoms with Crippen molar-refractivity contribution in [1.82, 2.24) is 9.80 Å². The number of nitrogens with zero attached hydrogens (tertiary/aromatic N) is 2. The van der Waals surface area contributed by atoms with Crippen molar-refractivity contribution in [1.29, 1.82) is 0 Å². The summed E-state index contributed by atoms with van der Waals surface area (Å²) >= 11 is 0. The molecule has 1 amide bonds. The Bertz CT molecular complexity index is 415. The summed E-state index contributed by atoms with van der Waals surface area (Å²) in [4.78, 5) is 25.4. The van der Waals surface area contributed by atoms with Gasteiger partial charge in [-0.25, -0.2) is 0 Å². The van der Waals surface area contributed by atoms with Crippen molar-refractivity contribution in [2.45, 2.75) is 77.7 Å². The van der Waals surface area contributed by atoms with Gasteiger partial charge in [0.2, 0.25) is 5.91 Å². The molecule has 1 aliphatic carbocycles. The van der Waals surface area contributed by atoms with Crippen LogP contribution in [0.1, 0.15) is 71.6 Å². The summed E-state index contributed by atoms with van der Waals surface area (Å²) in [6.45, 7) is 8.99. The Labute approximate surface area is 152 Å². The molecule has 1 N–H and O–H groups in total. The van der Waals surface area contributed by atoms with Crippen LogP contribution in [0, 0.1) is 11.3 Å². The molecular formula is C20H36N2O3. The molecule has 2 aliphatic heterocycles. The Hall–Kier alpha value is -1.10. The van der Waals surface area contributed by atoms with E-state index in [0.717, 1.165) is 19.5 Å². The highest BCUT2D eigenvalue weighted by Crippen LogP contribution is 2.47. The molecule has 2 heterocycles. The van der Waals surface area contributed by atoms with E-state index >= 15 is 0 Å². The molecule has 3 aliphatic rings. The fraction of sp³-hybridized carbons (Fsp3) is 0.900. The molecule has 25 heavy (non-hydrogen) atoms. The van der Waals surface area contributed by atoms with E-state index < -0.39 is 0 Å². The molecule has 3 fully saturated rings. The minimum absolute atomic E-state index is 0.250. The first kappa shape index (κ1) is 20.2. The molecule has 3 rings (SSSR count). The zero-order valence-corrected chi connectivity index (χ0v) is 16.1. The molecule has 0 aromatic carbocycles. The zero-order valence-electron chi connectivity index (χ0n) is 16.1. The summed E-state index contributed by atoms with van der Waals surface area (Å²) < 4.78 is 0. The Kier molecular flexibility index (Phi) is 7.73. The number of hydrogen-bond acceptors (Lipinski definition) is 3. The van der Waals surface area contributed by atoms with Crippen molar-refractivity contribution in [3.05, 3.63) is 0 Å². The van der Waals surface area contributed by atoms with Gasteiger partial charge in [0.25, 0.3) is 6.47 Å². The van der Waals surface area contributed by atoms with Crippen molar-refractivity contribution >= 4 is 12.4 Å². The highest BCUT2D eigenvalue weighted by atomic mass is 16.3. The van der Waals surface area contributed by atoms with Gasteiger partial charge in [-0.2, -0.15) is 0 Å². The van der Waals surface area contributed by atoms with Crippen LogP contribution in [-0.4, -0.2) is 59.5 Å². The first-order valence-electron chi connectivity index (χ1n) is 10.1. The molecule has 5 heteroatoms. The van der Waals surface area contributed by atoms with Gasteiger partial charge in [-0.3, -0.25) is 9.59 Å². The lowest BCUT2D eigenvalue weighted by atomic mass is 9.65. The van der Waals surface area contributed by atoms with Gasteiger partial charge >= 0.3 is 0 Å². The van der Waals surface area contributed by atoms with E-state index in [4.69, 9.17) is 9.90 Å². The van der Waals surface area contributed by atoms with Gasteiger partial charge in [-0.1, -0.05) is 0 Å². The maximum atomic E-state index is 12.3. The molecular weight excluding hydrogens is 316 g/mol. The van der Waals surface area contributed by atoms with E-state index in [1.54, 1.807) is 0 Å². The van der Waals surface area contributed by atoms with Gasteiger partial charge in [0, 0.05) is 25.6 Å². The summed E-state index contributed by atoms with van der Waals surface area (Å²) in [5, 5.41) is 6.89. The summed E-state index contributed by atoms with van der Waals surface area (Å²) in [6.07, 6.45) is 11.4. The topological polar surface area (TPSA) is 60.9 Å². The summed E-state index contributed by atoms with van der Waals surface area (Å²) in [5.41, 5.74) is 0.624. The fourth-order valence-corrected chi connectivity index (χ4v) is 4.85. The van der Waals surface area contributed by atoms with E-state index in [0.29, 0.717) is 23.3 Å². The van der Waals surface area contributed by atoms with Crippen molar-refractivity contribution < 1.29 is 14.7 Å². The van der Waals surface area contributed by atoms with Gasteiger partial charge in [-0.05, 0) is 89.6 Å². The quantitative estimate of drug-likeness (QED) is 0.791. The van der Waals surface area contributed by atoms with Crippen molar-refractivity contribution in [2.75, 3.05) is 26.2 Å². The van der Waals surface area contributed by atoms with Gasteiger partial charge in [-0.15, -0.1) is 0 Å². The molecule has 0 radical (unpaired) electrons. The number of amides is 1. The Morgan fingerprint density at radius 2 is 1.60 bits per heavy atom. The van der Waals surface area contributed by atoms with Crippen LogP contribution in [0.2, 0.25) is 0 Å². The second-order valence-corrected chi connectivity index (χ2v) is 8.47. The Balaban J connectivity index is 0.000000701. The Morgan fingerprint density at radius 1 is 1.08 bits per heavy atom. The molecule has 1 saturated carbocycles. The lowest BCUT2D eigenvalue weighted by molar-refractivity contribution is -0.131. The minimum Gasteiger partial charge on any atom is -0.483 e. The number of carbonyl (C=O) groups excluding carboxylic acids is 1. The van der Waals surface area contributed by atoms with Crippen LogP contribution >= 0.6 is 0 Å². The van der Waals surface area contributed by atoms with Gasteiger partial charge in [0.05, 0.1) is 0 Å². The average Bonchev–Trinajstić information content (AvgIpc) is 3.13. The maximum absolute atomic E-state index is 12.3. The normalized spacial score (nSPS) is 24.2. The standard InChI is InChI=1S/C19H34N2O.CH2O2/c1-16(2)20-13-9-19(10-14-20)7-5-17(6-8-19)15-18(22)21-11-3-4-12-21;2-1-3/h16-17H,3-15H2,1-2H3;1H,(H,2,3). The molecule has 0 bridgehead atoms. The molecule has 1 spiro atoms. The second-order valence-electron chi connectivity index (χ2n) is 8.47. The molecule has 0 aromatic rings. The summed E-state index contributed by atoms with van der Waals surface area (Å²) in [6, 6.07) is 0.701. The van der Waals surface area contributed by atoms with Crippen LogP contribution in [-0.2, 0) is 9.59 Å². The van der Waals surface area contributed by atoms with Crippen LogP contribution in [0.15, 0.2) is 0 Å². The number of hydrogen-bond donors (Lipinski definition) is 1. The van der Waals surface area contributed by atoms with E-state index in [1.807, 2.05) is 0 Å². The van der Waals surface area contributed by atoms with E-state index in [9.17, 15) is 4.79 Å². The van der Waals surface area contributed by atoms with E-state index in [-0.39, 0.29) is 6.47 Å². The molecule has 2 saturated heterocycles. The molecule has 0 unspecified atom stereocenters. The van der Waals surface area contributed by atoms with Crippen LogP contribution < -0.4 is 0 Å². The molecule has 0 aromatic heterocycles. The van der Waals surface area contributed by atoms with Crippen molar-refractivity contribution in [2.24, 2.45) is 11.3 Å². The highest BCUT2D eigenvalue weighted by Gasteiger charge is 2.39. The zero-order chi connectivity index (χ0) is 18.3. The van der Waals surface area contributed by atoms with Crippen LogP contribution in [0.25, 0.3) is 0 Å². The lowest BCUT2D eigenvalue weighted by Gasteiger charge is -2.47. The van der Waals surface area contributed by atoms with Gasteiger partial charge in [0.1, 0.15) is 0 Å². The minimum atomic E-state index is -0.250. The van der Waals surface area contributed by atoms with Crippen LogP contribution in [0.3, 0.4) is 0 Å². The third-order valence-corrected chi connectivity index (χ3v) is 6.68. The highest BCUT2D eigenvalue weighted by molar-refractivity contribution is 5.76.